The van der Waals surface area contributed by atoms with Crippen LogP contribution in [0.15, 0.2) is 12.2 Å². The first kappa shape index (κ1) is 9.79. The van der Waals surface area contributed by atoms with Gasteiger partial charge in [-0.1, -0.05) is 31.9 Å². The van der Waals surface area contributed by atoms with Crippen LogP contribution in [-0.2, 0) is 0 Å². The standard InChI is InChI=1S/C11H21N/c1-4-12-11(9(2)3)10-7-5-6-8-10/h10-12H,2,4-8H2,1,3H3. The molecular formula is C11H21N. The number of rotatable bonds is 4. The summed E-state index contributed by atoms with van der Waals surface area (Å²) in [5.74, 6) is 0.863. The fourth-order valence-corrected chi connectivity index (χ4v) is 2.25. The first-order chi connectivity index (χ1) is 5.75. The van der Waals surface area contributed by atoms with Crippen molar-refractivity contribution in [3.8, 4) is 0 Å². The van der Waals surface area contributed by atoms with Crippen molar-refractivity contribution in [2.75, 3.05) is 6.54 Å². The Morgan fingerprint density at radius 3 is 2.50 bits per heavy atom. The van der Waals surface area contributed by atoms with Crippen LogP contribution < -0.4 is 5.32 Å². The minimum atomic E-state index is 0.581. The van der Waals surface area contributed by atoms with Crippen LogP contribution in [0.2, 0.25) is 0 Å². The lowest BCUT2D eigenvalue weighted by atomic mass is 9.93. The molecule has 1 N–H and O–H groups in total. The van der Waals surface area contributed by atoms with E-state index in [0.717, 1.165) is 12.5 Å². The molecule has 1 aliphatic rings. The fourth-order valence-electron chi connectivity index (χ4n) is 2.25. The van der Waals surface area contributed by atoms with E-state index >= 15 is 0 Å². The Morgan fingerprint density at radius 2 is 2.08 bits per heavy atom. The van der Waals surface area contributed by atoms with Gasteiger partial charge in [-0.3, -0.25) is 0 Å². The van der Waals surface area contributed by atoms with Gasteiger partial charge in [0, 0.05) is 6.04 Å². The number of nitrogens with one attached hydrogen (secondary N) is 1. The minimum absolute atomic E-state index is 0.581. The maximum Gasteiger partial charge on any atom is 0.0302 e. The Kier molecular flexibility index (Phi) is 3.80. The molecule has 0 aliphatic heterocycles. The summed E-state index contributed by atoms with van der Waals surface area (Å²) in [4.78, 5) is 0. The van der Waals surface area contributed by atoms with E-state index < -0.39 is 0 Å². The number of likely N-dealkylation sites (N-methyl/N-ethyl adjacent to an activating group) is 1. The molecule has 1 unspecified atom stereocenters. The normalized spacial score (nSPS) is 21.2. The van der Waals surface area contributed by atoms with Crippen LogP contribution in [0.25, 0.3) is 0 Å². The zero-order valence-electron chi connectivity index (χ0n) is 8.40. The maximum atomic E-state index is 4.06. The molecule has 1 heteroatoms. The van der Waals surface area contributed by atoms with E-state index in [0.29, 0.717) is 6.04 Å². The van der Waals surface area contributed by atoms with Gasteiger partial charge in [0.1, 0.15) is 0 Å². The highest BCUT2D eigenvalue weighted by Crippen LogP contribution is 2.29. The molecule has 0 spiro atoms. The van der Waals surface area contributed by atoms with Crippen molar-refractivity contribution < 1.29 is 0 Å². The summed E-state index contributed by atoms with van der Waals surface area (Å²) in [5.41, 5.74) is 1.31. The lowest BCUT2D eigenvalue weighted by Crippen LogP contribution is -2.35. The van der Waals surface area contributed by atoms with Crippen molar-refractivity contribution in [3.63, 3.8) is 0 Å². The zero-order chi connectivity index (χ0) is 8.97. The van der Waals surface area contributed by atoms with E-state index in [-0.39, 0.29) is 0 Å². The third-order valence-corrected chi connectivity index (χ3v) is 2.83. The SMILES string of the molecule is C=C(C)C(NCC)C1CCCC1. The second-order valence-corrected chi connectivity index (χ2v) is 3.93. The Bertz CT molecular complexity index is 145. The van der Waals surface area contributed by atoms with Gasteiger partial charge in [0.25, 0.3) is 0 Å². The molecule has 0 aromatic carbocycles. The second kappa shape index (κ2) is 4.66. The average molecular weight is 167 g/mol. The molecule has 1 fully saturated rings. The molecule has 1 atom stereocenters. The largest absolute Gasteiger partial charge is 0.310 e. The van der Waals surface area contributed by atoms with Gasteiger partial charge in [0.2, 0.25) is 0 Å². The molecule has 1 saturated carbocycles. The van der Waals surface area contributed by atoms with Crippen LogP contribution in [0.1, 0.15) is 39.5 Å². The maximum absolute atomic E-state index is 4.06. The van der Waals surface area contributed by atoms with Crippen molar-refractivity contribution in [2.24, 2.45) is 5.92 Å². The van der Waals surface area contributed by atoms with E-state index in [1.807, 2.05) is 0 Å². The fraction of sp³-hybridized carbons (Fsp3) is 0.818. The lowest BCUT2D eigenvalue weighted by molar-refractivity contribution is 0.406. The van der Waals surface area contributed by atoms with Crippen molar-refractivity contribution in [2.45, 2.75) is 45.6 Å². The molecule has 0 aromatic heterocycles. The number of hydrogen-bond donors (Lipinski definition) is 1. The van der Waals surface area contributed by atoms with E-state index in [9.17, 15) is 0 Å². The highest BCUT2D eigenvalue weighted by molar-refractivity contribution is 5.05. The van der Waals surface area contributed by atoms with Crippen molar-refractivity contribution in [1.82, 2.24) is 5.32 Å². The van der Waals surface area contributed by atoms with Crippen molar-refractivity contribution in [3.05, 3.63) is 12.2 Å². The first-order valence-electron chi connectivity index (χ1n) is 5.14. The van der Waals surface area contributed by atoms with E-state index in [1.54, 1.807) is 0 Å². The van der Waals surface area contributed by atoms with Gasteiger partial charge in [0.05, 0.1) is 0 Å². The van der Waals surface area contributed by atoms with Gasteiger partial charge in [0.15, 0.2) is 0 Å². The predicted molar refractivity (Wildman–Crippen MR) is 54.2 cm³/mol. The number of hydrogen-bond acceptors (Lipinski definition) is 1. The van der Waals surface area contributed by atoms with Crippen molar-refractivity contribution in [1.29, 1.82) is 0 Å². The monoisotopic (exact) mass is 167 g/mol. The van der Waals surface area contributed by atoms with Crippen LogP contribution in [0, 0.1) is 5.92 Å². The molecular weight excluding hydrogens is 146 g/mol. The smallest absolute Gasteiger partial charge is 0.0302 e. The van der Waals surface area contributed by atoms with Crippen LogP contribution in [0.5, 0.6) is 0 Å². The zero-order valence-corrected chi connectivity index (χ0v) is 8.40. The van der Waals surface area contributed by atoms with Crippen LogP contribution >= 0.6 is 0 Å². The highest BCUT2D eigenvalue weighted by atomic mass is 14.9. The molecule has 70 valence electrons. The second-order valence-electron chi connectivity index (χ2n) is 3.93. The summed E-state index contributed by atoms with van der Waals surface area (Å²) in [6.07, 6.45) is 5.62. The van der Waals surface area contributed by atoms with Crippen LogP contribution in [0.4, 0.5) is 0 Å². The Labute approximate surface area is 76.2 Å². The molecule has 0 radical (unpaired) electrons. The molecule has 1 rings (SSSR count). The van der Waals surface area contributed by atoms with Gasteiger partial charge in [-0.15, -0.1) is 0 Å². The van der Waals surface area contributed by atoms with Gasteiger partial charge in [-0.2, -0.15) is 0 Å². The third kappa shape index (κ3) is 2.34. The molecule has 0 heterocycles. The summed E-state index contributed by atoms with van der Waals surface area (Å²) < 4.78 is 0. The quantitative estimate of drug-likeness (QED) is 0.635. The molecule has 12 heavy (non-hydrogen) atoms. The molecule has 0 aromatic rings. The highest BCUT2D eigenvalue weighted by Gasteiger charge is 2.24. The molecule has 0 bridgehead atoms. The Morgan fingerprint density at radius 1 is 1.50 bits per heavy atom. The molecule has 1 aliphatic carbocycles. The van der Waals surface area contributed by atoms with Crippen LogP contribution in [0.3, 0.4) is 0 Å². The topological polar surface area (TPSA) is 12.0 Å². The van der Waals surface area contributed by atoms with Crippen LogP contribution in [-0.4, -0.2) is 12.6 Å². The third-order valence-electron chi connectivity index (χ3n) is 2.83. The van der Waals surface area contributed by atoms with Gasteiger partial charge in [-0.25, -0.2) is 0 Å². The summed E-state index contributed by atoms with van der Waals surface area (Å²) in [6, 6.07) is 0.581. The summed E-state index contributed by atoms with van der Waals surface area (Å²) >= 11 is 0. The van der Waals surface area contributed by atoms with E-state index in [4.69, 9.17) is 0 Å². The lowest BCUT2D eigenvalue weighted by Gasteiger charge is -2.24. The Balaban J connectivity index is 2.45. The molecule has 0 saturated heterocycles. The molecule has 1 nitrogen and oxygen atoms in total. The van der Waals surface area contributed by atoms with E-state index in [1.165, 1.54) is 31.3 Å². The van der Waals surface area contributed by atoms with Gasteiger partial charge in [-0.05, 0) is 32.2 Å². The van der Waals surface area contributed by atoms with Crippen molar-refractivity contribution >= 4 is 0 Å². The predicted octanol–water partition coefficient (Wildman–Crippen LogP) is 2.73. The average Bonchev–Trinajstić information content (AvgIpc) is 2.51. The summed E-state index contributed by atoms with van der Waals surface area (Å²) in [5, 5.41) is 3.52. The minimum Gasteiger partial charge on any atom is -0.310 e. The Hall–Kier alpha value is -0.300. The summed E-state index contributed by atoms with van der Waals surface area (Å²) in [7, 11) is 0. The summed E-state index contributed by atoms with van der Waals surface area (Å²) in [6.45, 7) is 9.44. The molecule has 0 amide bonds. The van der Waals surface area contributed by atoms with Gasteiger partial charge < -0.3 is 5.32 Å². The first-order valence-corrected chi connectivity index (χ1v) is 5.14. The van der Waals surface area contributed by atoms with E-state index in [2.05, 4.69) is 25.7 Å². The van der Waals surface area contributed by atoms with Gasteiger partial charge >= 0.3 is 0 Å².